The highest BCUT2D eigenvalue weighted by molar-refractivity contribution is 7.04. The summed E-state index contributed by atoms with van der Waals surface area (Å²) in [6.07, 6.45) is 0. The highest BCUT2D eigenvalue weighted by atomic mass is 28.7. The summed E-state index contributed by atoms with van der Waals surface area (Å²) in [5.74, 6) is 0. The Labute approximate surface area is 370 Å². The topological polar surface area (TPSA) is 185 Å². The first-order valence-electron chi connectivity index (χ1n) is 19.9. The molecule has 0 spiro atoms. The van der Waals surface area contributed by atoms with Crippen LogP contribution in [0.5, 0.6) is 0 Å². The molecular weight excluding hydrogens is 1050 g/mol. The monoisotopic (exact) mass is 1110 g/mol. The lowest BCUT2D eigenvalue weighted by atomic mass is 11.8. The van der Waals surface area contributed by atoms with E-state index in [0.717, 1.165) is 0 Å². The molecule has 0 amide bonds. The van der Waals surface area contributed by atoms with Crippen LogP contribution in [0, 0.1) is 0 Å². The molecule has 0 atom stereocenters. The van der Waals surface area contributed by atoms with Crippen LogP contribution in [-0.4, -0.2) is 140 Å². The number of rotatable bonds is 16. The predicted molar refractivity (Wildman–Crippen MR) is 250 cm³/mol. The number of hydrogen-bond donors (Lipinski definition) is 0. The standard InChI is InChI=1S/C23H70O20Si16/c1-44(2)24-52-32-53(25-45(3,4)5)35-56(28-48(12,13)14)37-54(33-52,26-46(6,7)8)39-58(30-50(18,19)20)40-55(34-52,27-47(9,10)11)38-57(36-53,29-49(15,16)17)42-59(41-56,43-58)31-51(21,22)23/h44H,1-23H3. The maximum absolute atomic E-state index is 7.33. The predicted octanol–water partition coefficient (Wildman–Crippen LogP) is 5.70. The van der Waals surface area contributed by atoms with Crippen LogP contribution in [0.25, 0.3) is 0 Å². The van der Waals surface area contributed by atoms with E-state index in [9.17, 15) is 0 Å². The Morgan fingerprint density at radius 2 is 0.356 bits per heavy atom. The molecule has 36 heteroatoms. The molecule has 6 aliphatic rings. The highest BCUT2D eigenvalue weighted by Gasteiger charge is 2.92. The molecule has 0 unspecified atom stereocenters. The van der Waals surface area contributed by atoms with Crippen LogP contribution < -0.4 is 0 Å². The normalized spacial score (nSPS) is 39.9. The van der Waals surface area contributed by atoms with E-state index in [2.05, 4.69) is 0 Å². The van der Waals surface area contributed by atoms with Gasteiger partial charge in [0.05, 0.1) is 0 Å². The smallest absolute Gasteiger partial charge is 0.398 e. The summed E-state index contributed by atoms with van der Waals surface area (Å²) in [6, 6.07) is 0. The van der Waals surface area contributed by atoms with Gasteiger partial charge in [0, 0.05) is 0 Å². The molecule has 8 bridgehead atoms. The fraction of sp³-hybridized carbons (Fsp3) is 1.00. The van der Waals surface area contributed by atoms with Crippen LogP contribution in [0.1, 0.15) is 0 Å². The third kappa shape index (κ3) is 14.1. The second kappa shape index (κ2) is 16.1. The van der Waals surface area contributed by atoms with E-state index in [-0.39, 0.29) is 0 Å². The largest absolute Gasteiger partial charge is 0.651 e. The first-order chi connectivity index (χ1) is 25.9. The van der Waals surface area contributed by atoms with Crippen molar-refractivity contribution in [3.63, 3.8) is 0 Å². The third-order valence-corrected chi connectivity index (χ3v) is 57.6. The van der Waals surface area contributed by atoms with Crippen molar-refractivity contribution in [2.45, 2.75) is 151 Å². The second-order valence-electron chi connectivity index (χ2n) is 21.9. The van der Waals surface area contributed by atoms with Gasteiger partial charge in [-0.25, -0.2) is 0 Å². The van der Waals surface area contributed by atoms with Gasteiger partial charge in [0.25, 0.3) is 0 Å². The minimum atomic E-state index is -4.98. The van der Waals surface area contributed by atoms with Crippen LogP contribution in [-0.2, 0) is 82.3 Å². The molecule has 0 aromatic heterocycles. The van der Waals surface area contributed by atoms with E-state index in [0.29, 0.717) is 0 Å². The summed E-state index contributed by atoms with van der Waals surface area (Å²) in [5.41, 5.74) is 0. The fourth-order valence-electron chi connectivity index (χ4n) is 5.76. The van der Waals surface area contributed by atoms with Gasteiger partial charge in [0.2, 0.25) is 0 Å². The van der Waals surface area contributed by atoms with Gasteiger partial charge in [-0.1, -0.05) is 0 Å². The Morgan fingerprint density at radius 1 is 0.237 bits per heavy atom. The first kappa shape index (κ1) is 52.6. The van der Waals surface area contributed by atoms with Crippen LogP contribution in [0.4, 0.5) is 0 Å². The average Bonchev–Trinajstić information content (AvgIpc) is 2.74. The minimum absolute atomic E-state index is 1.93. The summed E-state index contributed by atoms with van der Waals surface area (Å²) in [4.78, 5) is 0. The molecule has 0 N–H and O–H groups in total. The van der Waals surface area contributed by atoms with Crippen molar-refractivity contribution in [3.05, 3.63) is 0 Å². The van der Waals surface area contributed by atoms with Crippen molar-refractivity contribution in [2.75, 3.05) is 0 Å². The molecule has 6 fully saturated rings. The van der Waals surface area contributed by atoms with Gasteiger partial charge in [-0.15, -0.1) is 0 Å². The second-order valence-corrected chi connectivity index (χ2v) is 78.0. The van der Waals surface area contributed by atoms with Gasteiger partial charge in [-0.05, 0) is 151 Å². The van der Waals surface area contributed by atoms with Gasteiger partial charge in [0.15, 0.2) is 67.3 Å². The maximum atomic E-state index is 7.33. The van der Waals surface area contributed by atoms with Crippen LogP contribution in [0.3, 0.4) is 0 Å². The minimum Gasteiger partial charge on any atom is -0.398 e. The van der Waals surface area contributed by atoms with Crippen molar-refractivity contribution in [2.24, 2.45) is 0 Å². The molecule has 20 nitrogen and oxygen atoms in total. The van der Waals surface area contributed by atoms with Crippen LogP contribution >= 0.6 is 0 Å². The van der Waals surface area contributed by atoms with Gasteiger partial charge < -0.3 is 82.3 Å². The zero-order chi connectivity index (χ0) is 45.2. The molecular formula is C23H70O20Si16. The van der Waals surface area contributed by atoms with Crippen LogP contribution in [0.2, 0.25) is 151 Å². The summed E-state index contributed by atoms with van der Waals surface area (Å²) < 4.78 is 144. The molecule has 6 aliphatic heterocycles. The zero-order valence-corrected chi connectivity index (χ0v) is 55.4. The molecule has 6 rings (SSSR count). The molecule has 0 radical (unpaired) electrons. The van der Waals surface area contributed by atoms with Crippen molar-refractivity contribution in [3.8, 4) is 0 Å². The van der Waals surface area contributed by atoms with Crippen molar-refractivity contribution in [1.29, 1.82) is 0 Å². The van der Waals surface area contributed by atoms with E-state index in [1.165, 1.54) is 0 Å². The van der Waals surface area contributed by atoms with E-state index in [1.54, 1.807) is 0 Å². The molecule has 6 heterocycles. The lowest BCUT2D eigenvalue weighted by molar-refractivity contribution is -0.129. The molecule has 59 heavy (non-hydrogen) atoms. The van der Waals surface area contributed by atoms with Crippen molar-refractivity contribution < 1.29 is 82.3 Å². The summed E-state index contributed by atoms with van der Waals surface area (Å²) >= 11 is 0. The summed E-state index contributed by atoms with van der Waals surface area (Å²) in [6.45, 7) is 44.9. The van der Waals surface area contributed by atoms with E-state index >= 15 is 0 Å². The van der Waals surface area contributed by atoms with Gasteiger partial charge in [-0.3, -0.25) is 0 Å². The molecule has 0 aromatic rings. The summed E-state index contributed by atoms with van der Waals surface area (Å²) in [5, 5.41) is 0. The lowest BCUT2D eigenvalue weighted by Gasteiger charge is -2.60. The first-order valence-corrected chi connectivity index (χ1v) is 59.6. The Bertz CT molecular complexity index is 1370. The fourth-order valence-corrected chi connectivity index (χ4v) is 70.0. The Hall–Kier alpha value is 2.67. The van der Waals surface area contributed by atoms with Gasteiger partial charge in [-0.2, -0.15) is 0 Å². The van der Waals surface area contributed by atoms with Crippen molar-refractivity contribution >= 4 is 140 Å². The summed E-state index contributed by atoms with van der Waals surface area (Å²) in [7, 11) is -61.7. The van der Waals surface area contributed by atoms with Gasteiger partial charge in [0.1, 0.15) is 0 Å². The molecule has 0 aliphatic carbocycles. The Kier molecular flexibility index (Phi) is 14.4. The zero-order valence-electron chi connectivity index (χ0n) is 39.2. The third-order valence-electron chi connectivity index (χ3n) is 6.40. The van der Waals surface area contributed by atoms with E-state index in [4.69, 9.17) is 82.3 Å². The van der Waals surface area contributed by atoms with Crippen LogP contribution in [0.15, 0.2) is 0 Å². The Balaban J connectivity index is 2.07. The quantitative estimate of drug-likeness (QED) is 0.171. The molecule has 6 saturated heterocycles. The van der Waals surface area contributed by atoms with Crippen molar-refractivity contribution in [1.82, 2.24) is 0 Å². The average molecular weight is 1120 g/mol. The highest BCUT2D eigenvalue weighted by Crippen LogP contribution is 2.52. The van der Waals surface area contributed by atoms with E-state index in [1.807, 2.05) is 151 Å². The maximum Gasteiger partial charge on any atom is 0.651 e. The molecule has 346 valence electrons. The Morgan fingerprint density at radius 3 is 0.458 bits per heavy atom. The van der Waals surface area contributed by atoms with E-state index < -0.39 is 140 Å². The lowest BCUT2D eigenvalue weighted by Crippen LogP contribution is -2.92. The van der Waals surface area contributed by atoms with Gasteiger partial charge >= 0.3 is 72.4 Å². The molecule has 0 saturated carbocycles. The number of hydrogen-bond acceptors (Lipinski definition) is 20. The molecule has 0 aromatic carbocycles. The SMILES string of the molecule is C[SiH](C)O[Si]12O[Si]3(O[Si](C)(C)C)O[Si]4(O[Si](C)(C)C)O[Si](O[Si](C)(C)C)(O1)O[Si]1(O[Si](C)(C)C)O[Si](O[Si](C)(C)C)(O2)O[Si](O[Si](C)(C)C)(O3)O[Si](O[Si](C)(C)C)(O4)O1.